The summed E-state index contributed by atoms with van der Waals surface area (Å²) in [5.74, 6) is 1.94. The zero-order valence-corrected chi connectivity index (χ0v) is 15.7. The Labute approximate surface area is 150 Å². The molecule has 0 radical (unpaired) electrons. The second-order valence-corrected chi connectivity index (χ2v) is 6.40. The number of aliphatic imine (C=N–C) groups is 1. The van der Waals surface area contributed by atoms with Gasteiger partial charge < -0.3 is 20.4 Å². The summed E-state index contributed by atoms with van der Waals surface area (Å²) in [5.41, 5.74) is 1.08. The molecule has 0 saturated carbocycles. The highest BCUT2D eigenvalue weighted by Gasteiger charge is 2.25. The van der Waals surface area contributed by atoms with E-state index in [1.165, 1.54) is 0 Å². The highest BCUT2D eigenvalue weighted by Crippen LogP contribution is 2.15. The topological polar surface area (TPSA) is 72.9 Å². The van der Waals surface area contributed by atoms with Crippen LogP contribution in [0.5, 0.6) is 0 Å². The van der Waals surface area contributed by atoms with Crippen LogP contribution in [0.15, 0.2) is 23.3 Å². The molecule has 0 aliphatic carbocycles. The molecule has 0 spiro atoms. The number of guanidine groups is 1. The van der Waals surface area contributed by atoms with Gasteiger partial charge in [-0.2, -0.15) is 0 Å². The lowest BCUT2D eigenvalue weighted by molar-refractivity contribution is -0.129. The van der Waals surface area contributed by atoms with Gasteiger partial charge in [0.2, 0.25) is 5.91 Å². The third kappa shape index (κ3) is 5.34. The Morgan fingerprint density at radius 2 is 2.24 bits per heavy atom. The molecule has 1 aromatic rings. The fourth-order valence-electron chi connectivity index (χ4n) is 2.96. The van der Waals surface area contributed by atoms with Crippen molar-refractivity contribution in [1.29, 1.82) is 0 Å². The predicted molar refractivity (Wildman–Crippen MR) is 102 cm³/mol. The lowest BCUT2D eigenvalue weighted by Gasteiger charge is -2.19. The van der Waals surface area contributed by atoms with Crippen molar-refractivity contribution in [2.24, 2.45) is 4.99 Å². The van der Waals surface area contributed by atoms with Gasteiger partial charge in [-0.25, -0.2) is 9.98 Å². The van der Waals surface area contributed by atoms with Gasteiger partial charge in [0.15, 0.2) is 5.96 Å². The molecule has 1 unspecified atom stereocenters. The molecule has 2 N–H and O–H groups in total. The maximum absolute atomic E-state index is 11.8. The highest BCUT2D eigenvalue weighted by molar-refractivity contribution is 5.80. The molecule has 2 rings (SSSR count). The largest absolute Gasteiger partial charge is 0.362 e. The molecule has 1 atom stereocenters. The molecule has 1 amide bonds. The minimum Gasteiger partial charge on any atom is -0.362 e. The molecule has 7 nitrogen and oxygen atoms in total. The van der Waals surface area contributed by atoms with Gasteiger partial charge in [0.25, 0.3) is 0 Å². The van der Waals surface area contributed by atoms with E-state index in [1.54, 1.807) is 6.20 Å². The van der Waals surface area contributed by atoms with Crippen LogP contribution in [0, 0.1) is 0 Å². The molecule has 2 heterocycles. The number of anilines is 1. The van der Waals surface area contributed by atoms with Crippen molar-refractivity contribution in [2.45, 2.75) is 39.3 Å². The summed E-state index contributed by atoms with van der Waals surface area (Å²) in [6, 6.07) is 4.23. The van der Waals surface area contributed by atoms with Gasteiger partial charge in [-0.15, -0.1) is 0 Å². The summed E-state index contributed by atoms with van der Waals surface area (Å²) in [6.45, 7) is 6.87. The normalized spacial score (nSPS) is 17.5. The van der Waals surface area contributed by atoms with Gasteiger partial charge in [0.1, 0.15) is 5.82 Å². The van der Waals surface area contributed by atoms with Crippen molar-refractivity contribution in [1.82, 2.24) is 20.5 Å². The maximum Gasteiger partial charge on any atom is 0.222 e. The first kappa shape index (κ1) is 19.0. The fraction of sp³-hybridized carbons (Fsp3) is 0.611. The number of nitrogens with zero attached hydrogens (tertiary/aromatic N) is 4. The summed E-state index contributed by atoms with van der Waals surface area (Å²) in [7, 11) is 3.97. The van der Waals surface area contributed by atoms with Gasteiger partial charge in [-0.3, -0.25) is 4.79 Å². The molecule has 25 heavy (non-hydrogen) atoms. The first-order valence-corrected chi connectivity index (χ1v) is 8.99. The van der Waals surface area contributed by atoms with E-state index < -0.39 is 0 Å². The Morgan fingerprint density at radius 3 is 2.92 bits per heavy atom. The van der Waals surface area contributed by atoms with Gasteiger partial charge >= 0.3 is 0 Å². The Balaban J connectivity index is 2.01. The monoisotopic (exact) mass is 346 g/mol. The molecule has 0 bridgehead atoms. The van der Waals surface area contributed by atoms with E-state index in [0.717, 1.165) is 43.4 Å². The van der Waals surface area contributed by atoms with Gasteiger partial charge in [-0.05, 0) is 19.4 Å². The van der Waals surface area contributed by atoms with Crippen LogP contribution in [-0.2, 0) is 11.3 Å². The Bertz CT molecular complexity index is 601. The van der Waals surface area contributed by atoms with Crippen LogP contribution < -0.4 is 15.5 Å². The number of rotatable bonds is 6. The molecular formula is C18H30N6O. The number of aromatic nitrogens is 1. The van der Waals surface area contributed by atoms with Gasteiger partial charge in [0, 0.05) is 58.0 Å². The predicted octanol–water partition coefficient (Wildman–Crippen LogP) is 1.21. The number of carbonyl (C=O) groups is 1. The lowest BCUT2D eigenvalue weighted by atomic mass is 10.2. The molecule has 1 aliphatic rings. The molecule has 0 aromatic carbocycles. The first-order valence-electron chi connectivity index (χ1n) is 8.99. The summed E-state index contributed by atoms with van der Waals surface area (Å²) in [4.78, 5) is 24.9. The van der Waals surface area contributed by atoms with Crippen molar-refractivity contribution < 1.29 is 4.79 Å². The van der Waals surface area contributed by atoms with Gasteiger partial charge in [0.05, 0.1) is 6.54 Å². The second kappa shape index (κ2) is 9.25. The second-order valence-electron chi connectivity index (χ2n) is 6.40. The number of carbonyl (C=O) groups excluding carboxylic acids is 1. The van der Waals surface area contributed by atoms with Crippen molar-refractivity contribution in [3.05, 3.63) is 23.9 Å². The molecule has 138 valence electrons. The van der Waals surface area contributed by atoms with Crippen LogP contribution in [-0.4, -0.2) is 61.5 Å². The average Bonchev–Trinajstić information content (AvgIpc) is 3.08. The third-order valence-corrected chi connectivity index (χ3v) is 4.23. The van der Waals surface area contributed by atoms with Crippen molar-refractivity contribution in [3.63, 3.8) is 0 Å². The van der Waals surface area contributed by atoms with Crippen LogP contribution in [0.25, 0.3) is 0 Å². The van der Waals surface area contributed by atoms with Crippen molar-refractivity contribution in [3.8, 4) is 0 Å². The van der Waals surface area contributed by atoms with E-state index in [9.17, 15) is 4.79 Å². The Hall–Kier alpha value is -2.31. The maximum atomic E-state index is 11.8. The fourth-order valence-corrected chi connectivity index (χ4v) is 2.96. The van der Waals surface area contributed by atoms with E-state index in [1.807, 2.05) is 49.9 Å². The molecule has 1 aliphatic heterocycles. The number of hydrogen-bond donors (Lipinski definition) is 2. The quantitative estimate of drug-likeness (QED) is 0.598. The van der Waals surface area contributed by atoms with Crippen molar-refractivity contribution in [2.75, 3.05) is 38.6 Å². The lowest BCUT2D eigenvalue weighted by Crippen LogP contribution is -2.45. The first-order chi connectivity index (χ1) is 12.0. The minimum atomic E-state index is 0.220. The Kier molecular flexibility index (Phi) is 7.03. The standard InChI is InChI=1S/C18H30N6O/c1-5-16(25)24-11-9-15(13-24)22-18(19-6-2)21-12-14-8-7-10-20-17(14)23(3)4/h7-8,10,15H,5-6,9,11-13H2,1-4H3,(H2,19,21,22). The number of amides is 1. The summed E-state index contributed by atoms with van der Waals surface area (Å²) < 4.78 is 0. The molecular weight excluding hydrogens is 316 g/mol. The average molecular weight is 346 g/mol. The van der Waals surface area contributed by atoms with E-state index in [0.29, 0.717) is 13.0 Å². The number of pyridine rings is 1. The Morgan fingerprint density at radius 1 is 1.44 bits per heavy atom. The van der Waals surface area contributed by atoms with E-state index in [4.69, 9.17) is 4.99 Å². The summed E-state index contributed by atoms with van der Waals surface area (Å²) in [5, 5.41) is 6.74. The number of nitrogens with one attached hydrogen (secondary N) is 2. The van der Waals surface area contributed by atoms with Crippen LogP contribution in [0.4, 0.5) is 5.82 Å². The van der Waals surface area contributed by atoms with Crippen LogP contribution in [0.1, 0.15) is 32.3 Å². The van der Waals surface area contributed by atoms with E-state index in [-0.39, 0.29) is 11.9 Å². The SMILES string of the molecule is CCNC(=NCc1cccnc1N(C)C)NC1CCN(C(=O)CC)C1. The third-order valence-electron chi connectivity index (χ3n) is 4.23. The van der Waals surface area contributed by atoms with Crippen LogP contribution in [0.3, 0.4) is 0 Å². The number of hydrogen-bond acceptors (Lipinski definition) is 4. The zero-order valence-electron chi connectivity index (χ0n) is 15.7. The van der Waals surface area contributed by atoms with E-state index in [2.05, 4.69) is 15.6 Å². The molecule has 7 heteroatoms. The van der Waals surface area contributed by atoms with Crippen molar-refractivity contribution >= 4 is 17.7 Å². The molecule has 1 aromatic heterocycles. The molecule has 1 fully saturated rings. The van der Waals surface area contributed by atoms with Gasteiger partial charge in [-0.1, -0.05) is 13.0 Å². The van der Waals surface area contributed by atoms with E-state index >= 15 is 0 Å². The molecule has 1 saturated heterocycles. The highest BCUT2D eigenvalue weighted by atomic mass is 16.2. The zero-order chi connectivity index (χ0) is 18.2. The summed E-state index contributed by atoms with van der Waals surface area (Å²) in [6.07, 6.45) is 3.31. The smallest absolute Gasteiger partial charge is 0.222 e. The summed E-state index contributed by atoms with van der Waals surface area (Å²) >= 11 is 0. The van der Waals surface area contributed by atoms with Crippen LogP contribution >= 0.6 is 0 Å². The minimum absolute atomic E-state index is 0.220. The van der Waals surface area contributed by atoms with Crippen LogP contribution in [0.2, 0.25) is 0 Å². The number of likely N-dealkylation sites (tertiary alicyclic amines) is 1.